The lowest BCUT2D eigenvalue weighted by Crippen LogP contribution is -2.46. The van der Waals surface area contributed by atoms with Crippen molar-refractivity contribution in [1.82, 2.24) is 0 Å². The van der Waals surface area contributed by atoms with Gasteiger partial charge in [-0.15, -0.1) is 0 Å². The zero-order chi connectivity index (χ0) is 22.1. The Morgan fingerprint density at radius 3 is 2.75 bits per heavy atom. The molecular weight excluding hydrogens is 396 g/mol. The maximum Gasteiger partial charge on any atom is 0.115 e. The summed E-state index contributed by atoms with van der Waals surface area (Å²) in [6.07, 6.45) is 16.1. The smallest absolute Gasteiger partial charge is 0.115 e. The van der Waals surface area contributed by atoms with Crippen LogP contribution in [0.3, 0.4) is 0 Å². The second kappa shape index (κ2) is 9.57. The largest absolute Gasteiger partial charge is 0.508 e. The first-order chi connectivity index (χ1) is 15.6. The van der Waals surface area contributed by atoms with Gasteiger partial charge in [0.15, 0.2) is 0 Å². The van der Waals surface area contributed by atoms with Gasteiger partial charge in [-0.05, 0) is 111 Å². The fraction of sp³-hybridized carbons (Fsp3) is 0.586. The van der Waals surface area contributed by atoms with Crippen LogP contribution in [-0.4, -0.2) is 28.5 Å². The SMILES string of the molecule is CC(CCCc1ccccc1)OC1CCCC2C1=C1C=C(O)C=CC1C1CC(O)CCC21. The molecule has 2 saturated carbocycles. The van der Waals surface area contributed by atoms with Gasteiger partial charge in [-0.25, -0.2) is 0 Å². The molecule has 2 fully saturated rings. The monoisotopic (exact) mass is 434 g/mol. The van der Waals surface area contributed by atoms with Gasteiger partial charge in [-0.2, -0.15) is 0 Å². The van der Waals surface area contributed by atoms with Crippen LogP contribution < -0.4 is 0 Å². The van der Waals surface area contributed by atoms with E-state index < -0.39 is 0 Å². The van der Waals surface area contributed by atoms with E-state index in [0.29, 0.717) is 29.4 Å². The Morgan fingerprint density at radius 2 is 1.91 bits per heavy atom. The Hall–Kier alpha value is -1.84. The van der Waals surface area contributed by atoms with Crippen LogP contribution in [0.15, 0.2) is 65.5 Å². The zero-order valence-electron chi connectivity index (χ0n) is 19.3. The molecule has 32 heavy (non-hydrogen) atoms. The molecule has 5 rings (SSSR count). The van der Waals surface area contributed by atoms with Crippen molar-refractivity contribution in [3.05, 3.63) is 71.0 Å². The number of benzene rings is 1. The number of rotatable bonds is 6. The molecular formula is C29H38O3. The van der Waals surface area contributed by atoms with Crippen molar-refractivity contribution < 1.29 is 14.9 Å². The number of fused-ring (bicyclic) bond motifs is 5. The Morgan fingerprint density at radius 1 is 1.06 bits per heavy atom. The van der Waals surface area contributed by atoms with Crippen LogP contribution in [0.2, 0.25) is 0 Å². The molecule has 4 aliphatic carbocycles. The summed E-state index contributed by atoms with van der Waals surface area (Å²) >= 11 is 0. The molecule has 172 valence electrons. The van der Waals surface area contributed by atoms with E-state index >= 15 is 0 Å². The third kappa shape index (κ3) is 4.47. The first kappa shape index (κ1) is 22.0. The molecule has 3 nitrogen and oxygen atoms in total. The van der Waals surface area contributed by atoms with Gasteiger partial charge in [0, 0.05) is 5.92 Å². The predicted octanol–water partition coefficient (Wildman–Crippen LogP) is 6.30. The van der Waals surface area contributed by atoms with E-state index in [2.05, 4.69) is 43.3 Å². The van der Waals surface area contributed by atoms with Crippen molar-refractivity contribution in [2.75, 3.05) is 0 Å². The molecule has 1 aromatic rings. The predicted molar refractivity (Wildman–Crippen MR) is 128 cm³/mol. The fourth-order valence-corrected chi connectivity index (χ4v) is 7.02. The third-order valence-corrected chi connectivity index (χ3v) is 8.42. The average Bonchev–Trinajstić information content (AvgIpc) is 2.79. The van der Waals surface area contributed by atoms with E-state index in [1.807, 2.05) is 12.2 Å². The van der Waals surface area contributed by atoms with E-state index in [0.717, 1.165) is 44.9 Å². The second-order valence-electron chi connectivity index (χ2n) is 10.5. The molecule has 0 saturated heterocycles. The van der Waals surface area contributed by atoms with Gasteiger partial charge in [-0.1, -0.05) is 36.4 Å². The number of aliphatic hydroxyl groups excluding tert-OH is 2. The van der Waals surface area contributed by atoms with Crippen molar-refractivity contribution in [2.45, 2.75) is 83.0 Å². The molecule has 0 amide bonds. The van der Waals surface area contributed by atoms with Gasteiger partial charge in [0.25, 0.3) is 0 Å². The van der Waals surface area contributed by atoms with Crippen LogP contribution in [0.5, 0.6) is 0 Å². The lowest BCUT2D eigenvalue weighted by atomic mass is 9.55. The lowest BCUT2D eigenvalue weighted by Gasteiger charge is -2.52. The Balaban J connectivity index is 1.33. The highest BCUT2D eigenvalue weighted by Gasteiger charge is 2.48. The summed E-state index contributed by atoms with van der Waals surface area (Å²) in [5, 5.41) is 20.7. The highest BCUT2D eigenvalue weighted by Crippen LogP contribution is 2.55. The highest BCUT2D eigenvalue weighted by molar-refractivity contribution is 5.45. The first-order valence-corrected chi connectivity index (χ1v) is 12.8. The summed E-state index contributed by atoms with van der Waals surface area (Å²) < 4.78 is 6.74. The van der Waals surface area contributed by atoms with Crippen LogP contribution in [-0.2, 0) is 11.2 Å². The average molecular weight is 435 g/mol. The molecule has 0 heterocycles. The summed E-state index contributed by atoms with van der Waals surface area (Å²) in [5.74, 6) is 2.35. The molecule has 2 N–H and O–H groups in total. The molecule has 0 radical (unpaired) electrons. The topological polar surface area (TPSA) is 49.7 Å². The fourth-order valence-electron chi connectivity index (χ4n) is 7.02. The Bertz CT molecular complexity index is 883. The summed E-state index contributed by atoms with van der Waals surface area (Å²) in [6.45, 7) is 2.23. The van der Waals surface area contributed by atoms with E-state index in [1.54, 1.807) is 0 Å². The number of allylic oxidation sites excluding steroid dienone is 4. The molecule has 7 atom stereocenters. The Labute approximate surface area is 192 Å². The molecule has 0 bridgehead atoms. The van der Waals surface area contributed by atoms with Crippen molar-refractivity contribution >= 4 is 0 Å². The van der Waals surface area contributed by atoms with Crippen molar-refractivity contribution in [3.63, 3.8) is 0 Å². The van der Waals surface area contributed by atoms with Crippen LogP contribution in [0.1, 0.15) is 63.9 Å². The van der Waals surface area contributed by atoms with E-state index in [1.165, 1.54) is 29.6 Å². The molecule has 7 unspecified atom stereocenters. The van der Waals surface area contributed by atoms with Crippen molar-refractivity contribution in [1.29, 1.82) is 0 Å². The number of aryl methyl sites for hydroxylation is 1. The minimum Gasteiger partial charge on any atom is -0.508 e. The molecule has 0 aliphatic heterocycles. The summed E-state index contributed by atoms with van der Waals surface area (Å²) in [7, 11) is 0. The van der Waals surface area contributed by atoms with Crippen LogP contribution >= 0.6 is 0 Å². The maximum atomic E-state index is 10.4. The van der Waals surface area contributed by atoms with Gasteiger partial charge >= 0.3 is 0 Å². The van der Waals surface area contributed by atoms with Crippen molar-refractivity contribution in [3.8, 4) is 0 Å². The molecule has 1 aromatic carbocycles. The van der Waals surface area contributed by atoms with Crippen LogP contribution in [0.25, 0.3) is 0 Å². The zero-order valence-corrected chi connectivity index (χ0v) is 19.3. The number of hydrogen-bond acceptors (Lipinski definition) is 3. The van der Waals surface area contributed by atoms with E-state index in [-0.39, 0.29) is 18.3 Å². The van der Waals surface area contributed by atoms with Gasteiger partial charge in [0.1, 0.15) is 5.76 Å². The van der Waals surface area contributed by atoms with Crippen LogP contribution in [0, 0.1) is 23.7 Å². The normalized spacial score (nSPS) is 34.9. The summed E-state index contributed by atoms with van der Waals surface area (Å²) in [5.41, 5.74) is 4.17. The van der Waals surface area contributed by atoms with Gasteiger partial charge in [0.05, 0.1) is 18.3 Å². The maximum absolute atomic E-state index is 10.4. The van der Waals surface area contributed by atoms with Crippen molar-refractivity contribution in [2.24, 2.45) is 23.7 Å². The van der Waals surface area contributed by atoms with Crippen LogP contribution in [0.4, 0.5) is 0 Å². The molecule has 0 spiro atoms. The Kier molecular flexibility index (Phi) is 6.57. The molecule has 4 aliphatic rings. The third-order valence-electron chi connectivity index (χ3n) is 8.42. The lowest BCUT2D eigenvalue weighted by molar-refractivity contribution is -0.0296. The quantitative estimate of drug-likeness (QED) is 0.552. The van der Waals surface area contributed by atoms with Gasteiger partial charge < -0.3 is 14.9 Å². The highest BCUT2D eigenvalue weighted by atomic mass is 16.5. The number of ether oxygens (including phenoxy) is 1. The molecule has 3 heteroatoms. The number of hydrogen-bond donors (Lipinski definition) is 2. The van der Waals surface area contributed by atoms with E-state index in [9.17, 15) is 10.2 Å². The molecule has 0 aromatic heterocycles. The minimum atomic E-state index is -0.174. The summed E-state index contributed by atoms with van der Waals surface area (Å²) in [6, 6.07) is 10.7. The number of aliphatic hydroxyl groups is 2. The second-order valence-corrected chi connectivity index (χ2v) is 10.5. The summed E-state index contributed by atoms with van der Waals surface area (Å²) in [4.78, 5) is 0. The first-order valence-electron chi connectivity index (χ1n) is 12.8. The van der Waals surface area contributed by atoms with Gasteiger partial charge in [-0.3, -0.25) is 0 Å². The van der Waals surface area contributed by atoms with Gasteiger partial charge in [0.2, 0.25) is 0 Å². The standard InChI is InChI=1S/C29H38O3/c1-19(7-5-10-20-8-3-2-4-9-20)32-28-12-6-11-25-23-15-13-21(30)17-26(23)24-16-14-22(31)18-27(24)29(25)28/h2-4,8-9,14,16,18-19,21,23-26,28,30-31H,5-7,10-13,15,17H2,1H3. The van der Waals surface area contributed by atoms with E-state index in [4.69, 9.17) is 4.74 Å². The minimum absolute atomic E-state index is 0.168.